The SMILES string of the molecule is Cl.N[C@H](CCO)c1c(Cl)cnc(Cl)c1Cl. The minimum absolute atomic E-state index is 0. The van der Waals surface area contributed by atoms with Crippen molar-refractivity contribution in [3.05, 3.63) is 27.0 Å². The highest BCUT2D eigenvalue weighted by Crippen LogP contribution is 2.33. The van der Waals surface area contributed by atoms with Gasteiger partial charge in [-0.1, -0.05) is 34.8 Å². The highest BCUT2D eigenvalue weighted by molar-refractivity contribution is 6.43. The summed E-state index contributed by atoms with van der Waals surface area (Å²) in [6, 6.07) is -0.430. The van der Waals surface area contributed by atoms with Gasteiger partial charge in [0.2, 0.25) is 0 Å². The van der Waals surface area contributed by atoms with E-state index in [9.17, 15) is 0 Å². The van der Waals surface area contributed by atoms with Crippen molar-refractivity contribution in [2.45, 2.75) is 12.5 Å². The third kappa shape index (κ3) is 3.63. The maximum absolute atomic E-state index is 8.73. The Kier molecular flexibility index (Phi) is 6.84. The Hall–Kier alpha value is 0.230. The number of aliphatic hydroxyl groups is 1. The summed E-state index contributed by atoms with van der Waals surface area (Å²) in [5.74, 6) is 0. The molecule has 1 atom stereocenters. The molecule has 3 N–H and O–H groups in total. The number of halogens is 4. The highest BCUT2D eigenvalue weighted by atomic mass is 35.5. The average molecular weight is 292 g/mol. The van der Waals surface area contributed by atoms with E-state index in [0.717, 1.165) is 0 Å². The monoisotopic (exact) mass is 290 g/mol. The van der Waals surface area contributed by atoms with Crippen molar-refractivity contribution >= 4 is 47.2 Å². The molecule has 0 aliphatic heterocycles. The molecule has 0 bridgehead atoms. The maximum Gasteiger partial charge on any atom is 0.148 e. The van der Waals surface area contributed by atoms with E-state index in [2.05, 4.69) is 4.98 Å². The summed E-state index contributed by atoms with van der Waals surface area (Å²) in [4.78, 5) is 3.76. The van der Waals surface area contributed by atoms with Gasteiger partial charge in [0.1, 0.15) is 5.15 Å². The summed E-state index contributed by atoms with van der Waals surface area (Å²) in [6.45, 7) is -0.0340. The predicted molar refractivity (Wildman–Crippen MR) is 65.1 cm³/mol. The molecule has 1 rings (SSSR count). The fraction of sp³-hybridized carbons (Fsp3) is 0.375. The van der Waals surface area contributed by atoms with E-state index < -0.39 is 6.04 Å². The van der Waals surface area contributed by atoms with Gasteiger partial charge in [-0.15, -0.1) is 12.4 Å². The van der Waals surface area contributed by atoms with Crippen LogP contribution in [0.25, 0.3) is 0 Å². The van der Waals surface area contributed by atoms with Crippen LogP contribution in [0.15, 0.2) is 6.20 Å². The van der Waals surface area contributed by atoms with Gasteiger partial charge in [0.05, 0.1) is 10.0 Å². The second kappa shape index (κ2) is 6.74. The highest BCUT2D eigenvalue weighted by Gasteiger charge is 2.16. The summed E-state index contributed by atoms with van der Waals surface area (Å²) in [6.07, 6.45) is 1.77. The first kappa shape index (κ1) is 15.2. The number of hydrogen-bond acceptors (Lipinski definition) is 3. The topological polar surface area (TPSA) is 59.1 Å². The van der Waals surface area contributed by atoms with Crippen molar-refractivity contribution in [3.8, 4) is 0 Å². The van der Waals surface area contributed by atoms with Crippen LogP contribution >= 0.6 is 47.2 Å². The Labute approximate surface area is 109 Å². The van der Waals surface area contributed by atoms with Gasteiger partial charge >= 0.3 is 0 Å². The molecule has 3 nitrogen and oxygen atoms in total. The van der Waals surface area contributed by atoms with Crippen LogP contribution in [-0.2, 0) is 0 Å². The zero-order valence-electron chi connectivity index (χ0n) is 7.58. The second-order valence-electron chi connectivity index (χ2n) is 2.74. The number of rotatable bonds is 3. The van der Waals surface area contributed by atoms with E-state index in [1.54, 1.807) is 0 Å². The third-order valence-electron chi connectivity index (χ3n) is 1.78. The van der Waals surface area contributed by atoms with Gasteiger partial charge in [0, 0.05) is 24.4 Å². The van der Waals surface area contributed by atoms with Crippen molar-refractivity contribution in [1.29, 1.82) is 0 Å². The fourth-order valence-electron chi connectivity index (χ4n) is 1.08. The van der Waals surface area contributed by atoms with Crippen molar-refractivity contribution in [2.75, 3.05) is 6.61 Å². The van der Waals surface area contributed by atoms with Crippen molar-refractivity contribution < 1.29 is 5.11 Å². The molecule has 0 aromatic carbocycles. The number of nitrogens with zero attached hydrogens (tertiary/aromatic N) is 1. The van der Waals surface area contributed by atoms with E-state index in [1.165, 1.54) is 6.20 Å². The van der Waals surface area contributed by atoms with Gasteiger partial charge in [-0.05, 0) is 6.42 Å². The predicted octanol–water partition coefficient (Wildman–Crippen LogP) is 2.85. The van der Waals surface area contributed by atoms with Crippen LogP contribution in [0.3, 0.4) is 0 Å². The number of pyridine rings is 1. The molecule has 1 aromatic rings. The Bertz CT molecular complexity index is 335. The first-order valence-corrected chi connectivity index (χ1v) is 5.07. The zero-order chi connectivity index (χ0) is 10.7. The lowest BCUT2D eigenvalue weighted by Gasteiger charge is -2.14. The molecule has 0 radical (unpaired) electrons. The standard InChI is InChI=1S/C8H9Cl3N2O.ClH/c9-4-3-13-8(11)7(10)6(4)5(12)1-2-14;/h3,5,14H,1-2,12H2;1H/t5-;/m1./s1. The lowest BCUT2D eigenvalue weighted by atomic mass is 10.1. The summed E-state index contributed by atoms with van der Waals surface area (Å²) >= 11 is 17.5. The number of aromatic nitrogens is 1. The molecule has 0 aliphatic carbocycles. The molecular formula is C8H10Cl4N2O. The first-order valence-electron chi connectivity index (χ1n) is 3.93. The van der Waals surface area contributed by atoms with Gasteiger partial charge in [-0.25, -0.2) is 4.98 Å². The summed E-state index contributed by atoms with van der Waals surface area (Å²) < 4.78 is 0. The van der Waals surface area contributed by atoms with Crippen molar-refractivity contribution in [1.82, 2.24) is 4.98 Å². The molecule has 0 unspecified atom stereocenters. The molecule has 0 amide bonds. The average Bonchev–Trinajstić information content (AvgIpc) is 2.13. The molecule has 0 fully saturated rings. The number of nitrogens with two attached hydrogens (primary N) is 1. The van der Waals surface area contributed by atoms with Gasteiger partial charge in [0.15, 0.2) is 0 Å². The van der Waals surface area contributed by atoms with Crippen LogP contribution in [0.5, 0.6) is 0 Å². The smallest absolute Gasteiger partial charge is 0.148 e. The Morgan fingerprint density at radius 1 is 1.40 bits per heavy atom. The van der Waals surface area contributed by atoms with E-state index >= 15 is 0 Å². The largest absolute Gasteiger partial charge is 0.396 e. The summed E-state index contributed by atoms with van der Waals surface area (Å²) in [5.41, 5.74) is 6.29. The molecule has 0 saturated carbocycles. The van der Waals surface area contributed by atoms with E-state index in [0.29, 0.717) is 17.0 Å². The van der Waals surface area contributed by atoms with Gasteiger partial charge in [-0.2, -0.15) is 0 Å². The molecule has 15 heavy (non-hydrogen) atoms. The van der Waals surface area contributed by atoms with Gasteiger partial charge < -0.3 is 10.8 Å². The van der Waals surface area contributed by atoms with Crippen LogP contribution in [0.1, 0.15) is 18.0 Å². The van der Waals surface area contributed by atoms with E-state index in [4.69, 9.17) is 45.6 Å². The summed E-state index contributed by atoms with van der Waals surface area (Å²) in [5, 5.41) is 9.51. The van der Waals surface area contributed by atoms with E-state index in [1.807, 2.05) is 0 Å². The van der Waals surface area contributed by atoms with Crippen LogP contribution in [-0.4, -0.2) is 16.7 Å². The van der Waals surface area contributed by atoms with Gasteiger partial charge in [0.25, 0.3) is 0 Å². The Balaban J connectivity index is 0.00000196. The molecule has 86 valence electrons. The summed E-state index contributed by atoms with van der Waals surface area (Å²) in [7, 11) is 0. The molecule has 7 heteroatoms. The van der Waals surface area contributed by atoms with Crippen molar-refractivity contribution in [2.24, 2.45) is 5.73 Å². The molecular weight excluding hydrogens is 282 g/mol. The lowest BCUT2D eigenvalue weighted by Crippen LogP contribution is -2.13. The van der Waals surface area contributed by atoms with Crippen LogP contribution in [0.2, 0.25) is 15.2 Å². The normalized spacial score (nSPS) is 12.1. The molecule has 1 heterocycles. The van der Waals surface area contributed by atoms with Crippen LogP contribution < -0.4 is 5.73 Å². The number of hydrogen-bond donors (Lipinski definition) is 2. The van der Waals surface area contributed by atoms with Crippen molar-refractivity contribution in [3.63, 3.8) is 0 Å². The third-order valence-corrected chi connectivity index (χ3v) is 2.84. The maximum atomic E-state index is 8.73. The quantitative estimate of drug-likeness (QED) is 0.842. The molecule has 0 aliphatic rings. The van der Waals surface area contributed by atoms with Gasteiger partial charge in [-0.3, -0.25) is 0 Å². The minimum atomic E-state index is -0.430. The fourth-order valence-corrected chi connectivity index (χ4v) is 1.85. The Morgan fingerprint density at radius 2 is 2.00 bits per heavy atom. The molecule has 1 aromatic heterocycles. The minimum Gasteiger partial charge on any atom is -0.396 e. The van der Waals surface area contributed by atoms with E-state index in [-0.39, 0.29) is 29.2 Å². The number of aliphatic hydroxyl groups excluding tert-OH is 1. The first-order chi connectivity index (χ1) is 6.57. The van der Waals surface area contributed by atoms with Crippen LogP contribution in [0, 0.1) is 0 Å². The molecule has 0 saturated heterocycles. The molecule has 0 spiro atoms. The Morgan fingerprint density at radius 3 is 2.53 bits per heavy atom. The van der Waals surface area contributed by atoms with Crippen LogP contribution in [0.4, 0.5) is 0 Å². The second-order valence-corrected chi connectivity index (χ2v) is 3.89. The lowest BCUT2D eigenvalue weighted by molar-refractivity contribution is 0.276. The zero-order valence-corrected chi connectivity index (χ0v) is 10.7.